The Hall–Kier alpha value is -2.59. The Morgan fingerprint density at radius 2 is 0.976 bits per heavy atom. The molecule has 1 aliphatic rings. The Morgan fingerprint density at radius 3 is 1.26 bits per heavy atom. The molecule has 0 saturated heterocycles. The molecule has 232 valence electrons. The molecular formula is C34H54N2O4Si2. The largest absolute Gasteiger partial charge is 0.544 e. The van der Waals surface area contributed by atoms with Crippen molar-refractivity contribution in [1.29, 1.82) is 0 Å². The second-order valence-electron chi connectivity index (χ2n) is 15.7. The Balaban J connectivity index is 1.97. The van der Waals surface area contributed by atoms with Crippen LogP contribution in [0.4, 0.5) is 0 Å². The van der Waals surface area contributed by atoms with E-state index < -0.39 is 16.6 Å². The van der Waals surface area contributed by atoms with Crippen molar-refractivity contribution < 1.29 is 19.1 Å². The zero-order valence-corrected chi connectivity index (χ0v) is 30.1. The van der Waals surface area contributed by atoms with Crippen molar-refractivity contribution in [2.24, 2.45) is 9.98 Å². The minimum Gasteiger partial charge on any atom is -0.544 e. The minimum atomic E-state index is -1.84. The molecule has 0 aliphatic heterocycles. The van der Waals surface area contributed by atoms with Crippen LogP contribution in [0.15, 0.2) is 34.3 Å². The molecule has 2 atom stereocenters. The number of benzene rings is 2. The third-order valence-corrected chi connectivity index (χ3v) is 8.89. The van der Waals surface area contributed by atoms with Crippen LogP contribution in [0.2, 0.25) is 39.3 Å². The quantitative estimate of drug-likeness (QED) is 0.231. The van der Waals surface area contributed by atoms with Crippen LogP contribution in [-0.4, -0.2) is 51.4 Å². The maximum Gasteiger partial charge on any atom is 0.242 e. The fourth-order valence-electron chi connectivity index (χ4n) is 5.22. The molecule has 1 saturated carbocycles. The summed E-state index contributed by atoms with van der Waals surface area (Å²) in [5.74, 6) is 2.07. The first kappa shape index (κ1) is 33.9. The molecule has 2 N–H and O–H groups in total. The molecule has 2 unspecified atom stereocenters. The second kappa shape index (κ2) is 12.6. The van der Waals surface area contributed by atoms with Gasteiger partial charge in [0.25, 0.3) is 0 Å². The highest BCUT2D eigenvalue weighted by atomic mass is 28.4. The smallest absolute Gasteiger partial charge is 0.242 e. The molecule has 1 aliphatic carbocycles. The van der Waals surface area contributed by atoms with Gasteiger partial charge in [0.15, 0.2) is 0 Å². The summed E-state index contributed by atoms with van der Waals surface area (Å²) in [5, 5.41) is 22.4. The number of nitrogens with zero attached hydrogens (tertiary/aromatic N) is 2. The van der Waals surface area contributed by atoms with E-state index in [-0.39, 0.29) is 34.4 Å². The zero-order chi connectivity index (χ0) is 31.7. The van der Waals surface area contributed by atoms with E-state index >= 15 is 0 Å². The third kappa shape index (κ3) is 9.46. The summed E-state index contributed by atoms with van der Waals surface area (Å²) in [6.07, 6.45) is 7.63. The highest BCUT2D eigenvalue weighted by molar-refractivity contribution is 6.70. The van der Waals surface area contributed by atoms with Gasteiger partial charge in [-0.1, -0.05) is 54.4 Å². The molecular weight excluding hydrogens is 557 g/mol. The van der Waals surface area contributed by atoms with Crippen LogP contribution in [-0.2, 0) is 10.8 Å². The van der Waals surface area contributed by atoms with Crippen LogP contribution in [0, 0.1) is 0 Å². The summed E-state index contributed by atoms with van der Waals surface area (Å²) in [7, 11) is -3.68. The van der Waals surface area contributed by atoms with E-state index in [0.717, 1.165) is 48.3 Å². The van der Waals surface area contributed by atoms with Gasteiger partial charge in [0.2, 0.25) is 16.6 Å². The van der Waals surface area contributed by atoms with Crippen molar-refractivity contribution in [2.45, 2.75) is 129 Å². The predicted octanol–water partition coefficient (Wildman–Crippen LogP) is 8.97. The van der Waals surface area contributed by atoms with Crippen LogP contribution in [0.1, 0.15) is 89.5 Å². The number of phenolic OH excluding ortho intramolecular Hbond substituents is 2. The lowest BCUT2D eigenvalue weighted by atomic mass is 9.85. The van der Waals surface area contributed by atoms with Gasteiger partial charge in [0.1, 0.15) is 23.0 Å². The first-order valence-electron chi connectivity index (χ1n) is 15.3. The molecule has 0 amide bonds. The van der Waals surface area contributed by atoms with Crippen molar-refractivity contribution in [3.05, 3.63) is 46.5 Å². The number of hydrogen-bond acceptors (Lipinski definition) is 6. The van der Waals surface area contributed by atoms with E-state index in [0.29, 0.717) is 11.1 Å². The Labute approximate surface area is 256 Å². The molecule has 8 heteroatoms. The van der Waals surface area contributed by atoms with Gasteiger partial charge in [-0.25, -0.2) is 0 Å². The molecule has 0 bridgehead atoms. The van der Waals surface area contributed by atoms with Crippen molar-refractivity contribution in [3.63, 3.8) is 0 Å². The summed E-state index contributed by atoms with van der Waals surface area (Å²) in [4.78, 5) is 9.98. The van der Waals surface area contributed by atoms with E-state index in [1.807, 2.05) is 24.3 Å². The molecule has 0 spiro atoms. The van der Waals surface area contributed by atoms with Crippen LogP contribution >= 0.6 is 0 Å². The van der Waals surface area contributed by atoms with Gasteiger partial charge in [0.05, 0.1) is 12.1 Å². The molecule has 0 aromatic heterocycles. The second-order valence-corrected chi connectivity index (χ2v) is 24.6. The molecule has 1 fully saturated rings. The van der Waals surface area contributed by atoms with Crippen LogP contribution in [0.25, 0.3) is 0 Å². The first-order chi connectivity index (χ1) is 19.1. The maximum absolute atomic E-state index is 11.2. The topological polar surface area (TPSA) is 83.6 Å². The standard InChI is InChI=1S/C34H54N2O4Si2/c1-33(2,3)27-19-25(39-41(7,8)9)17-23(31(27)37)21-35-29-15-13-14-16-30(29)36-22-24-18-26(40-42(10,11)12)20-28(32(24)38)34(4,5)6/h17-22,29-30,37-38H,13-16H2,1-12H3. The summed E-state index contributed by atoms with van der Waals surface area (Å²) in [6.45, 7) is 25.5. The molecule has 0 radical (unpaired) electrons. The third-order valence-electron chi connectivity index (χ3n) is 7.19. The SMILES string of the molecule is CC(C)(C)c1cc(O[Si](C)(C)C)cc(C=NC2CCCCC2N=Cc2cc(O[Si](C)(C)C)cc(C(C)(C)C)c2O)c1O. The first-order valence-corrected chi connectivity index (χ1v) is 22.1. The molecule has 3 rings (SSSR count). The predicted molar refractivity (Wildman–Crippen MR) is 183 cm³/mol. The van der Waals surface area contributed by atoms with Crippen molar-refractivity contribution in [2.75, 3.05) is 0 Å². The molecule has 0 heterocycles. The average Bonchev–Trinajstić information content (AvgIpc) is 2.81. The fraction of sp³-hybridized carbons (Fsp3) is 0.588. The normalized spacial score (nSPS) is 19.0. The lowest BCUT2D eigenvalue weighted by Crippen LogP contribution is -2.29. The lowest BCUT2D eigenvalue weighted by molar-refractivity contribution is 0.389. The number of hydrogen-bond donors (Lipinski definition) is 2. The summed E-state index contributed by atoms with van der Waals surface area (Å²) < 4.78 is 12.7. The van der Waals surface area contributed by atoms with Crippen molar-refractivity contribution in [1.82, 2.24) is 0 Å². The number of rotatable bonds is 8. The summed E-state index contributed by atoms with van der Waals surface area (Å²) >= 11 is 0. The van der Waals surface area contributed by atoms with Crippen molar-refractivity contribution >= 4 is 29.1 Å². The Kier molecular flexibility index (Phi) is 10.1. The highest BCUT2D eigenvalue weighted by Gasteiger charge is 2.27. The zero-order valence-electron chi connectivity index (χ0n) is 28.1. The summed E-state index contributed by atoms with van der Waals surface area (Å²) in [6, 6.07) is 7.72. The number of aromatic hydroxyl groups is 2. The number of aliphatic imine (C=N–C) groups is 2. The van der Waals surface area contributed by atoms with E-state index in [2.05, 4.69) is 80.8 Å². The van der Waals surface area contributed by atoms with Gasteiger partial charge in [0, 0.05) is 34.7 Å². The minimum absolute atomic E-state index is 0.0142. The molecule has 2 aromatic rings. The van der Waals surface area contributed by atoms with Crippen LogP contribution in [0.3, 0.4) is 0 Å². The highest BCUT2D eigenvalue weighted by Crippen LogP contribution is 2.38. The van der Waals surface area contributed by atoms with Gasteiger partial charge in [-0.15, -0.1) is 0 Å². The van der Waals surface area contributed by atoms with E-state index in [4.69, 9.17) is 18.8 Å². The average molecular weight is 611 g/mol. The van der Waals surface area contributed by atoms with Gasteiger partial charge in [-0.3, -0.25) is 9.98 Å². The van der Waals surface area contributed by atoms with Gasteiger partial charge in [-0.2, -0.15) is 0 Å². The molecule has 42 heavy (non-hydrogen) atoms. The molecule has 6 nitrogen and oxygen atoms in total. The number of phenols is 2. The van der Waals surface area contributed by atoms with Gasteiger partial charge >= 0.3 is 0 Å². The van der Waals surface area contributed by atoms with E-state index in [1.54, 1.807) is 12.4 Å². The van der Waals surface area contributed by atoms with Crippen LogP contribution < -0.4 is 8.85 Å². The van der Waals surface area contributed by atoms with Crippen LogP contribution in [0.5, 0.6) is 23.0 Å². The van der Waals surface area contributed by atoms with Gasteiger partial charge in [-0.05, 0) is 87.2 Å². The van der Waals surface area contributed by atoms with E-state index in [9.17, 15) is 10.2 Å². The lowest BCUT2D eigenvalue weighted by Gasteiger charge is -2.27. The Morgan fingerprint density at radius 1 is 0.643 bits per heavy atom. The monoisotopic (exact) mass is 610 g/mol. The Bertz CT molecular complexity index is 1210. The van der Waals surface area contributed by atoms with E-state index in [1.165, 1.54) is 0 Å². The van der Waals surface area contributed by atoms with Gasteiger partial charge < -0.3 is 19.1 Å². The maximum atomic E-state index is 11.2. The van der Waals surface area contributed by atoms with Crippen molar-refractivity contribution in [3.8, 4) is 23.0 Å². The summed E-state index contributed by atoms with van der Waals surface area (Å²) in [5.41, 5.74) is 2.56. The fourth-order valence-corrected chi connectivity index (χ4v) is 6.87. The molecule has 2 aromatic carbocycles.